The van der Waals surface area contributed by atoms with E-state index in [1.807, 2.05) is 25.3 Å². The highest BCUT2D eigenvalue weighted by Crippen LogP contribution is 2.47. The predicted octanol–water partition coefficient (Wildman–Crippen LogP) is 5.39. The number of halogens is 1. The summed E-state index contributed by atoms with van der Waals surface area (Å²) in [6.45, 7) is 3.81. The van der Waals surface area contributed by atoms with Gasteiger partial charge in [0.15, 0.2) is 0 Å². The number of hydrogen-bond donors (Lipinski definition) is 1. The minimum Gasteiger partial charge on any atom is -0.507 e. The van der Waals surface area contributed by atoms with Crippen molar-refractivity contribution in [1.82, 2.24) is 4.90 Å². The maximum Gasteiger partial charge on any atom is 0.295 e. The number of aryl methyl sites for hydroxylation is 2. The number of carbonyl (C=O) groups is 2. The Morgan fingerprint density at radius 2 is 1.93 bits per heavy atom. The molecular formula is C23H24ClNO4S. The van der Waals surface area contributed by atoms with Gasteiger partial charge in [-0.25, -0.2) is 0 Å². The second kappa shape index (κ2) is 8.08. The van der Waals surface area contributed by atoms with E-state index in [0.29, 0.717) is 10.6 Å². The number of hydrogen-bond acceptors (Lipinski definition) is 5. The first-order valence-electron chi connectivity index (χ1n) is 10.0. The third kappa shape index (κ3) is 3.32. The molecule has 2 aromatic rings. The predicted molar refractivity (Wildman–Crippen MR) is 118 cm³/mol. The van der Waals surface area contributed by atoms with Gasteiger partial charge < -0.3 is 14.7 Å². The molecule has 1 atom stereocenters. The van der Waals surface area contributed by atoms with Crippen LogP contribution in [0.4, 0.5) is 0 Å². The standard InChI is InChI=1S/C23H24ClNO4S/c1-12-10-15(21(29-3)16(24)11-12)19(26)17-18(22-13(2)8-9-30-22)25(23(28)20(17)27)14-6-4-5-7-14/h8-11,14,18,26H,4-7H2,1-3H3/b19-17+. The number of likely N-dealkylation sites (tertiary alicyclic amines) is 1. The summed E-state index contributed by atoms with van der Waals surface area (Å²) in [4.78, 5) is 28.9. The first kappa shape index (κ1) is 20.9. The number of benzene rings is 1. The van der Waals surface area contributed by atoms with Crippen LogP contribution >= 0.6 is 22.9 Å². The van der Waals surface area contributed by atoms with E-state index >= 15 is 0 Å². The average molecular weight is 446 g/mol. The SMILES string of the molecule is COc1c(Cl)cc(C)cc1/C(O)=C1\C(=O)C(=O)N(C2CCCC2)C1c1sccc1C. The number of rotatable bonds is 4. The molecule has 2 aliphatic rings. The topological polar surface area (TPSA) is 66.8 Å². The van der Waals surface area contributed by atoms with E-state index in [-0.39, 0.29) is 23.1 Å². The summed E-state index contributed by atoms with van der Waals surface area (Å²) in [5.74, 6) is -1.15. The van der Waals surface area contributed by atoms with E-state index in [1.54, 1.807) is 17.0 Å². The van der Waals surface area contributed by atoms with Gasteiger partial charge in [-0.1, -0.05) is 24.4 Å². The minimum absolute atomic E-state index is 0.00115. The normalized spacial score (nSPS) is 21.6. The molecule has 0 radical (unpaired) electrons. The molecule has 158 valence electrons. The fraction of sp³-hybridized carbons (Fsp3) is 0.391. The molecule has 1 unspecified atom stereocenters. The summed E-state index contributed by atoms with van der Waals surface area (Å²) >= 11 is 7.82. The van der Waals surface area contributed by atoms with Crippen LogP contribution in [0.5, 0.6) is 5.75 Å². The van der Waals surface area contributed by atoms with Gasteiger partial charge in [0, 0.05) is 10.9 Å². The summed E-state index contributed by atoms with van der Waals surface area (Å²) < 4.78 is 5.42. The second-order valence-corrected chi connectivity index (χ2v) is 9.29. The van der Waals surface area contributed by atoms with Crippen molar-refractivity contribution in [2.24, 2.45) is 0 Å². The molecule has 1 saturated heterocycles. The lowest BCUT2D eigenvalue weighted by Crippen LogP contribution is -2.37. The number of amides is 1. The monoisotopic (exact) mass is 445 g/mol. The van der Waals surface area contributed by atoms with E-state index in [4.69, 9.17) is 16.3 Å². The molecule has 1 aromatic heterocycles. The van der Waals surface area contributed by atoms with Crippen LogP contribution in [0.1, 0.15) is 53.3 Å². The smallest absolute Gasteiger partial charge is 0.295 e. The Bertz CT molecular complexity index is 1050. The lowest BCUT2D eigenvalue weighted by atomic mass is 9.96. The molecule has 1 aromatic carbocycles. The van der Waals surface area contributed by atoms with Crippen molar-refractivity contribution < 1.29 is 19.4 Å². The Balaban J connectivity index is 1.96. The van der Waals surface area contributed by atoms with E-state index in [0.717, 1.165) is 41.7 Å². The Labute approximate surface area is 184 Å². The molecule has 2 heterocycles. The molecule has 4 rings (SSSR count). The van der Waals surface area contributed by atoms with E-state index < -0.39 is 17.7 Å². The van der Waals surface area contributed by atoms with Crippen LogP contribution in [-0.4, -0.2) is 34.8 Å². The second-order valence-electron chi connectivity index (χ2n) is 7.94. The van der Waals surface area contributed by atoms with Crippen molar-refractivity contribution in [3.63, 3.8) is 0 Å². The number of carbonyl (C=O) groups excluding carboxylic acids is 2. The maximum atomic E-state index is 13.2. The lowest BCUT2D eigenvalue weighted by Gasteiger charge is -2.30. The van der Waals surface area contributed by atoms with Gasteiger partial charge >= 0.3 is 0 Å². The summed E-state index contributed by atoms with van der Waals surface area (Å²) in [5.41, 5.74) is 2.25. The molecule has 1 N–H and O–H groups in total. The first-order valence-corrected chi connectivity index (χ1v) is 11.3. The maximum absolute atomic E-state index is 13.2. The Kier molecular flexibility index (Phi) is 5.64. The number of thiophene rings is 1. The van der Waals surface area contributed by atoms with Gasteiger partial charge in [-0.2, -0.15) is 0 Å². The molecule has 1 amide bonds. The van der Waals surface area contributed by atoms with Gasteiger partial charge in [-0.3, -0.25) is 9.59 Å². The van der Waals surface area contributed by atoms with Crippen molar-refractivity contribution in [1.29, 1.82) is 0 Å². The molecule has 0 spiro atoms. The van der Waals surface area contributed by atoms with Gasteiger partial charge in [0.05, 0.1) is 23.3 Å². The Morgan fingerprint density at radius 1 is 1.23 bits per heavy atom. The van der Waals surface area contributed by atoms with Crippen LogP contribution in [0.15, 0.2) is 29.2 Å². The lowest BCUT2D eigenvalue weighted by molar-refractivity contribution is -0.141. The summed E-state index contributed by atoms with van der Waals surface area (Å²) in [6.07, 6.45) is 3.80. The number of aliphatic hydroxyl groups excluding tert-OH is 1. The number of ether oxygens (including phenoxy) is 1. The largest absolute Gasteiger partial charge is 0.507 e. The molecule has 1 aliphatic heterocycles. The first-order chi connectivity index (χ1) is 14.3. The molecule has 2 fully saturated rings. The molecule has 0 bridgehead atoms. The van der Waals surface area contributed by atoms with Crippen molar-refractivity contribution in [3.05, 3.63) is 55.7 Å². The summed E-state index contributed by atoms with van der Waals surface area (Å²) in [5, 5.41) is 13.6. The zero-order valence-corrected chi connectivity index (χ0v) is 18.8. The zero-order valence-electron chi connectivity index (χ0n) is 17.2. The van der Waals surface area contributed by atoms with Gasteiger partial charge in [0.1, 0.15) is 17.6 Å². The summed E-state index contributed by atoms with van der Waals surface area (Å²) in [7, 11) is 1.46. The third-order valence-electron chi connectivity index (χ3n) is 6.00. The molecular weight excluding hydrogens is 422 g/mol. The van der Waals surface area contributed by atoms with Crippen LogP contribution in [-0.2, 0) is 9.59 Å². The Morgan fingerprint density at radius 3 is 2.53 bits per heavy atom. The molecule has 30 heavy (non-hydrogen) atoms. The number of ketones is 1. The molecule has 1 aliphatic carbocycles. The zero-order chi connectivity index (χ0) is 21.6. The van der Waals surface area contributed by atoms with Gasteiger partial charge in [0.2, 0.25) is 0 Å². The van der Waals surface area contributed by atoms with Gasteiger partial charge in [0.25, 0.3) is 11.7 Å². The number of Topliss-reactive ketones (excluding diaryl/α,β-unsaturated/α-hetero) is 1. The van der Waals surface area contributed by atoms with Crippen LogP contribution in [0.2, 0.25) is 5.02 Å². The van der Waals surface area contributed by atoms with Crippen LogP contribution in [0, 0.1) is 13.8 Å². The van der Waals surface area contributed by atoms with E-state index in [2.05, 4.69) is 0 Å². The highest BCUT2D eigenvalue weighted by molar-refractivity contribution is 7.10. The van der Waals surface area contributed by atoms with E-state index in [1.165, 1.54) is 18.4 Å². The Hall–Kier alpha value is -2.31. The fourth-order valence-corrected chi connectivity index (χ4v) is 5.97. The van der Waals surface area contributed by atoms with Gasteiger partial charge in [-0.15, -0.1) is 11.3 Å². The van der Waals surface area contributed by atoms with E-state index in [9.17, 15) is 14.7 Å². The average Bonchev–Trinajstić information content (AvgIpc) is 3.42. The van der Waals surface area contributed by atoms with Crippen LogP contribution < -0.4 is 4.74 Å². The van der Waals surface area contributed by atoms with Crippen molar-refractivity contribution in [3.8, 4) is 5.75 Å². The highest BCUT2D eigenvalue weighted by atomic mass is 35.5. The van der Waals surface area contributed by atoms with Crippen LogP contribution in [0.25, 0.3) is 5.76 Å². The van der Waals surface area contributed by atoms with Crippen molar-refractivity contribution in [2.75, 3.05) is 7.11 Å². The quantitative estimate of drug-likeness (QED) is 0.389. The minimum atomic E-state index is -0.656. The molecule has 1 saturated carbocycles. The highest BCUT2D eigenvalue weighted by Gasteiger charge is 2.50. The molecule has 5 nitrogen and oxygen atoms in total. The number of methoxy groups -OCH3 is 1. The van der Waals surface area contributed by atoms with Crippen molar-refractivity contribution >= 4 is 40.4 Å². The third-order valence-corrected chi connectivity index (χ3v) is 7.35. The number of nitrogens with zero attached hydrogens (tertiary/aromatic N) is 1. The summed E-state index contributed by atoms with van der Waals surface area (Å²) in [6, 6.07) is 4.83. The van der Waals surface area contributed by atoms with Crippen molar-refractivity contribution in [2.45, 2.75) is 51.6 Å². The van der Waals surface area contributed by atoms with Crippen LogP contribution in [0.3, 0.4) is 0 Å². The number of aliphatic hydroxyl groups is 1. The fourth-order valence-electron chi connectivity index (χ4n) is 4.59. The van der Waals surface area contributed by atoms with Gasteiger partial charge in [-0.05, 0) is 61.4 Å². The molecule has 7 heteroatoms.